The minimum Gasteiger partial charge on any atom is -0.480 e. The van der Waals surface area contributed by atoms with Gasteiger partial charge in [0.2, 0.25) is 5.91 Å². The van der Waals surface area contributed by atoms with Gasteiger partial charge in [-0.15, -0.1) is 0 Å². The summed E-state index contributed by atoms with van der Waals surface area (Å²) in [5, 5.41) is 11.1. The molecule has 0 aromatic carbocycles. The quantitative estimate of drug-likeness (QED) is 0.689. The molecule has 5 heteroatoms. The normalized spacial score (nSPS) is 13.3. The van der Waals surface area contributed by atoms with Crippen LogP contribution in [0.2, 0.25) is 0 Å². The largest absolute Gasteiger partial charge is 0.480 e. The van der Waals surface area contributed by atoms with Crippen molar-refractivity contribution in [3.8, 4) is 0 Å². The molecule has 0 aliphatic heterocycles. The molecule has 1 amide bonds. The fraction of sp³-hybridized carbons (Fsp3) is 0.800. The molecule has 0 saturated heterocycles. The molecule has 0 aliphatic rings. The van der Waals surface area contributed by atoms with Gasteiger partial charge in [0, 0.05) is 0 Å². The minimum atomic E-state index is -1.25. The lowest BCUT2D eigenvalue weighted by molar-refractivity contribution is -0.147. The van der Waals surface area contributed by atoms with E-state index in [0.29, 0.717) is 0 Å². The average molecular weight is 217 g/mol. The Labute approximate surface area is 89.8 Å². The number of hydrogen-bond acceptors (Lipinski definition) is 3. The SMILES string of the molecule is CCC(C)OCC(=O)NC(C)(C)C(=O)O. The summed E-state index contributed by atoms with van der Waals surface area (Å²) < 4.78 is 5.17. The number of ether oxygens (including phenoxy) is 1. The third-order valence-electron chi connectivity index (χ3n) is 2.06. The van der Waals surface area contributed by atoms with Crippen molar-refractivity contribution in [1.29, 1.82) is 0 Å². The van der Waals surface area contributed by atoms with Crippen LogP contribution >= 0.6 is 0 Å². The third kappa shape index (κ3) is 5.37. The second kappa shape index (κ2) is 5.70. The predicted octanol–water partition coefficient (Wildman–Crippen LogP) is 0.781. The summed E-state index contributed by atoms with van der Waals surface area (Å²) in [6.07, 6.45) is 0.818. The molecule has 15 heavy (non-hydrogen) atoms. The molecule has 0 spiro atoms. The van der Waals surface area contributed by atoms with Crippen LogP contribution in [0.5, 0.6) is 0 Å². The summed E-state index contributed by atoms with van der Waals surface area (Å²) in [6.45, 7) is 6.55. The van der Waals surface area contributed by atoms with E-state index in [-0.39, 0.29) is 12.7 Å². The predicted molar refractivity (Wildman–Crippen MR) is 55.6 cm³/mol. The third-order valence-corrected chi connectivity index (χ3v) is 2.06. The van der Waals surface area contributed by atoms with Crippen LogP contribution in [0.3, 0.4) is 0 Å². The number of amides is 1. The van der Waals surface area contributed by atoms with Crippen molar-refractivity contribution < 1.29 is 19.4 Å². The van der Waals surface area contributed by atoms with Gasteiger partial charge in [-0.25, -0.2) is 4.79 Å². The maximum absolute atomic E-state index is 11.3. The molecule has 0 radical (unpaired) electrons. The van der Waals surface area contributed by atoms with E-state index < -0.39 is 17.4 Å². The van der Waals surface area contributed by atoms with E-state index in [0.717, 1.165) is 6.42 Å². The second-order valence-corrected chi connectivity index (χ2v) is 4.01. The van der Waals surface area contributed by atoms with E-state index in [9.17, 15) is 9.59 Å². The molecular formula is C10H19NO4. The van der Waals surface area contributed by atoms with Crippen molar-refractivity contribution in [2.24, 2.45) is 0 Å². The maximum Gasteiger partial charge on any atom is 0.328 e. The van der Waals surface area contributed by atoms with E-state index >= 15 is 0 Å². The maximum atomic E-state index is 11.3. The molecule has 2 N–H and O–H groups in total. The zero-order valence-corrected chi connectivity index (χ0v) is 9.66. The van der Waals surface area contributed by atoms with Crippen LogP contribution in [-0.4, -0.2) is 35.2 Å². The number of carbonyl (C=O) groups is 2. The summed E-state index contributed by atoms with van der Waals surface area (Å²) >= 11 is 0. The summed E-state index contributed by atoms with van der Waals surface area (Å²) in [5.41, 5.74) is -1.25. The van der Waals surface area contributed by atoms with Gasteiger partial charge < -0.3 is 15.2 Å². The first-order valence-electron chi connectivity index (χ1n) is 4.95. The monoisotopic (exact) mass is 217 g/mol. The Balaban J connectivity index is 3.99. The minimum absolute atomic E-state index is 0.00342. The molecule has 5 nitrogen and oxygen atoms in total. The average Bonchev–Trinajstić information content (AvgIpc) is 2.13. The standard InChI is InChI=1S/C10H19NO4/c1-5-7(2)15-6-8(12)11-10(3,4)9(13)14/h7H,5-6H2,1-4H3,(H,11,12)(H,13,14). The van der Waals surface area contributed by atoms with Gasteiger partial charge in [0.05, 0.1) is 6.10 Å². The molecule has 1 atom stereocenters. The molecule has 0 aromatic heterocycles. The number of aliphatic carboxylic acids is 1. The van der Waals surface area contributed by atoms with Gasteiger partial charge in [-0.3, -0.25) is 4.79 Å². The van der Waals surface area contributed by atoms with Gasteiger partial charge in [0.15, 0.2) is 0 Å². The van der Waals surface area contributed by atoms with Crippen LogP contribution in [-0.2, 0) is 14.3 Å². The van der Waals surface area contributed by atoms with Crippen LogP contribution in [0.25, 0.3) is 0 Å². The van der Waals surface area contributed by atoms with E-state index in [2.05, 4.69) is 5.32 Å². The van der Waals surface area contributed by atoms with E-state index in [4.69, 9.17) is 9.84 Å². The van der Waals surface area contributed by atoms with Crippen LogP contribution in [0.15, 0.2) is 0 Å². The molecule has 0 saturated carbocycles. The van der Waals surface area contributed by atoms with Gasteiger partial charge in [-0.05, 0) is 27.2 Å². The molecular weight excluding hydrogens is 198 g/mol. The van der Waals surface area contributed by atoms with Gasteiger partial charge >= 0.3 is 5.97 Å². The van der Waals surface area contributed by atoms with Gasteiger partial charge in [0.25, 0.3) is 0 Å². The first kappa shape index (κ1) is 13.9. The van der Waals surface area contributed by atoms with Crippen molar-refractivity contribution in [2.75, 3.05) is 6.61 Å². The fourth-order valence-electron chi connectivity index (χ4n) is 0.774. The van der Waals surface area contributed by atoms with Crippen molar-refractivity contribution in [2.45, 2.75) is 45.8 Å². The molecule has 0 bridgehead atoms. The van der Waals surface area contributed by atoms with Gasteiger partial charge in [0.1, 0.15) is 12.1 Å². The number of nitrogens with one attached hydrogen (secondary N) is 1. The van der Waals surface area contributed by atoms with Crippen LogP contribution in [0, 0.1) is 0 Å². The van der Waals surface area contributed by atoms with Gasteiger partial charge in [-0.1, -0.05) is 6.92 Å². The molecule has 0 rings (SSSR count). The number of carbonyl (C=O) groups excluding carboxylic acids is 1. The number of carboxylic acid groups (broad SMARTS) is 1. The number of hydrogen-bond donors (Lipinski definition) is 2. The Morgan fingerprint density at radius 3 is 2.40 bits per heavy atom. The van der Waals surface area contributed by atoms with Crippen molar-refractivity contribution >= 4 is 11.9 Å². The summed E-state index contributed by atoms with van der Waals surface area (Å²) in [4.78, 5) is 22.0. The lowest BCUT2D eigenvalue weighted by Crippen LogP contribution is -2.50. The molecule has 1 unspecified atom stereocenters. The summed E-state index contributed by atoms with van der Waals surface area (Å²) in [5.74, 6) is -1.48. The topological polar surface area (TPSA) is 75.6 Å². The summed E-state index contributed by atoms with van der Waals surface area (Å²) in [7, 11) is 0. The Bertz CT molecular complexity index is 238. The molecule has 0 aliphatic carbocycles. The Morgan fingerprint density at radius 1 is 1.47 bits per heavy atom. The highest BCUT2D eigenvalue weighted by Crippen LogP contribution is 2.02. The highest BCUT2D eigenvalue weighted by atomic mass is 16.5. The molecule has 88 valence electrons. The van der Waals surface area contributed by atoms with Crippen molar-refractivity contribution in [1.82, 2.24) is 5.32 Å². The zero-order valence-electron chi connectivity index (χ0n) is 9.66. The lowest BCUT2D eigenvalue weighted by atomic mass is 10.1. The highest BCUT2D eigenvalue weighted by molar-refractivity contribution is 5.86. The van der Waals surface area contributed by atoms with Crippen LogP contribution in [0.1, 0.15) is 34.1 Å². The Hall–Kier alpha value is -1.10. The van der Waals surface area contributed by atoms with Crippen LogP contribution < -0.4 is 5.32 Å². The van der Waals surface area contributed by atoms with E-state index in [1.54, 1.807) is 0 Å². The second-order valence-electron chi connectivity index (χ2n) is 4.01. The Morgan fingerprint density at radius 2 is 2.00 bits per heavy atom. The number of carboxylic acids is 1. The van der Waals surface area contributed by atoms with E-state index in [1.807, 2.05) is 13.8 Å². The first-order chi connectivity index (χ1) is 6.79. The van der Waals surface area contributed by atoms with Crippen LogP contribution in [0.4, 0.5) is 0 Å². The molecule has 0 heterocycles. The Kier molecular flexibility index (Phi) is 5.28. The molecule has 0 fully saturated rings. The fourth-order valence-corrected chi connectivity index (χ4v) is 0.774. The highest BCUT2D eigenvalue weighted by Gasteiger charge is 2.28. The summed E-state index contributed by atoms with van der Waals surface area (Å²) in [6, 6.07) is 0. The van der Waals surface area contributed by atoms with Crippen molar-refractivity contribution in [3.05, 3.63) is 0 Å². The smallest absolute Gasteiger partial charge is 0.328 e. The molecule has 0 aromatic rings. The lowest BCUT2D eigenvalue weighted by Gasteiger charge is -2.21. The van der Waals surface area contributed by atoms with E-state index in [1.165, 1.54) is 13.8 Å². The zero-order chi connectivity index (χ0) is 12.1. The van der Waals surface area contributed by atoms with Crippen molar-refractivity contribution in [3.63, 3.8) is 0 Å². The van der Waals surface area contributed by atoms with Gasteiger partial charge in [-0.2, -0.15) is 0 Å². The first-order valence-corrected chi connectivity index (χ1v) is 4.95. The number of rotatable bonds is 6.